The van der Waals surface area contributed by atoms with Crippen molar-refractivity contribution < 1.29 is 0 Å². The van der Waals surface area contributed by atoms with Crippen molar-refractivity contribution >= 4 is 28.2 Å². The van der Waals surface area contributed by atoms with Gasteiger partial charge in [-0.3, -0.25) is 0 Å². The zero-order chi connectivity index (χ0) is 13.6. The molecule has 0 aliphatic rings. The lowest BCUT2D eigenvalue weighted by molar-refractivity contribution is 0.789. The summed E-state index contributed by atoms with van der Waals surface area (Å²) in [5, 5.41) is 5.15. The van der Waals surface area contributed by atoms with Gasteiger partial charge in [0.2, 0.25) is 0 Å². The Morgan fingerprint density at radius 3 is 2.58 bits per heavy atom. The van der Waals surface area contributed by atoms with Crippen molar-refractivity contribution in [3.63, 3.8) is 0 Å². The predicted octanol–water partition coefficient (Wildman–Crippen LogP) is 0.777. The number of rotatable bonds is 1. The largest absolute Gasteiger partial charge is 0.397 e. The van der Waals surface area contributed by atoms with Crippen LogP contribution in [0.3, 0.4) is 0 Å². The van der Waals surface area contributed by atoms with Crippen LogP contribution in [0.1, 0.15) is 0 Å². The minimum atomic E-state index is 0.392. The number of aromatic nitrogens is 4. The van der Waals surface area contributed by atoms with E-state index in [2.05, 4.69) is 15.1 Å². The van der Waals surface area contributed by atoms with Gasteiger partial charge in [0, 0.05) is 12.6 Å². The quantitative estimate of drug-likeness (QED) is 0.552. The molecule has 0 saturated carbocycles. The summed E-state index contributed by atoms with van der Waals surface area (Å²) in [6.07, 6.45) is 1.42. The molecular formula is C12H13N7. The Morgan fingerprint density at radius 1 is 1.05 bits per heavy atom. The van der Waals surface area contributed by atoms with E-state index in [0.717, 1.165) is 5.56 Å². The number of anilines is 3. The number of nitrogen functional groups attached to an aromatic ring is 3. The van der Waals surface area contributed by atoms with Gasteiger partial charge in [0.15, 0.2) is 5.65 Å². The number of benzene rings is 1. The molecule has 96 valence electrons. The maximum absolute atomic E-state index is 5.92. The van der Waals surface area contributed by atoms with E-state index in [1.807, 2.05) is 6.07 Å². The zero-order valence-electron chi connectivity index (χ0n) is 10.3. The van der Waals surface area contributed by atoms with Crippen molar-refractivity contribution in [3.05, 3.63) is 24.5 Å². The van der Waals surface area contributed by atoms with Crippen LogP contribution in [0, 0.1) is 0 Å². The van der Waals surface area contributed by atoms with Gasteiger partial charge in [0.1, 0.15) is 17.8 Å². The summed E-state index contributed by atoms with van der Waals surface area (Å²) in [4.78, 5) is 8.19. The summed E-state index contributed by atoms with van der Waals surface area (Å²) >= 11 is 0. The summed E-state index contributed by atoms with van der Waals surface area (Å²) in [5.74, 6) is 0.392. The van der Waals surface area contributed by atoms with E-state index < -0.39 is 0 Å². The smallest absolute Gasteiger partial charge is 0.163 e. The molecule has 0 fully saturated rings. The predicted molar refractivity (Wildman–Crippen MR) is 75.0 cm³/mol. The molecule has 0 atom stereocenters. The monoisotopic (exact) mass is 255 g/mol. The van der Waals surface area contributed by atoms with Gasteiger partial charge >= 0.3 is 0 Å². The van der Waals surface area contributed by atoms with E-state index in [1.165, 1.54) is 6.33 Å². The molecule has 1 aromatic carbocycles. The van der Waals surface area contributed by atoms with Crippen LogP contribution in [0.25, 0.3) is 22.3 Å². The number of hydrogen-bond donors (Lipinski definition) is 3. The van der Waals surface area contributed by atoms with Gasteiger partial charge in [-0.15, -0.1) is 0 Å². The maximum atomic E-state index is 5.92. The van der Waals surface area contributed by atoms with Gasteiger partial charge in [-0.1, -0.05) is 6.07 Å². The molecule has 0 aliphatic heterocycles. The molecule has 7 nitrogen and oxygen atoms in total. The first-order chi connectivity index (χ1) is 9.08. The van der Waals surface area contributed by atoms with Crippen LogP contribution in [0.2, 0.25) is 0 Å². The van der Waals surface area contributed by atoms with E-state index in [1.54, 1.807) is 23.9 Å². The topological polar surface area (TPSA) is 122 Å². The lowest BCUT2D eigenvalue weighted by atomic mass is 10.1. The Bertz CT molecular complexity index is 775. The van der Waals surface area contributed by atoms with Gasteiger partial charge < -0.3 is 17.2 Å². The Hall–Kier alpha value is -2.83. The van der Waals surface area contributed by atoms with Crippen molar-refractivity contribution in [2.75, 3.05) is 17.2 Å². The third kappa shape index (κ3) is 1.63. The van der Waals surface area contributed by atoms with Crippen molar-refractivity contribution in [2.45, 2.75) is 0 Å². The van der Waals surface area contributed by atoms with Crippen molar-refractivity contribution in [3.8, 4) is 11.3 Å². The van der Waals surface area contributed by atoms with Crippen LogP contribution in [0.15, 0.2) is 24.5 Å². The van der Waals surface area contributed by atoms with Crippen LogP contribution in [0.4, 0.5) is 17.2 Å². The first-order valence-corrected chi connectivity index (χ1v) is 5.66. The number of aryl methyl sites for hydroxylation is 1. The van der Waals surface area contributed by atoms with Crippen LogP contribution in [-0.2, 0) is 7.05 Å². The average Bonchev–Trinajstić information content (AvgIpc) is 2.72. The zero-order valence-corrected chi connectivity index (χ0v) is 10.3. The number of nitrogens with two attached hydrogens (primary N) is 3. The minimum absolute atomic E-state index is 0.392. The van der Waals surface area contributed by atoms with Crippen LogP contribution in [0.5, 0.6) is 0 Å². The summed E-state index contributed by atoms with van der Waals surface area (Å²) in [6, 6.07) is 5.36. The number of nitrogens with zero attached hydrogens (tertiary/aromatic N) is 4. The Balaban J connectivity index is 2.33. The molecule has 7 heteroatoms. The van der Waals surface area contributed by atoms with E-state index in [9.17, 15) is 0 Å². The van der Waals surface area contributed by atoms with Gasteiger partial charge in [-0.05, 0) is 12.1 Å². The third-order valence-electron chi connectivity index (χ3n) is 3.01. The fourth-order valence-corrected chi connectivity index (χ4v) is 2.03. The maximum Gasteiger partial charge on any atom is 0.163 e. The Morgan fingerprint density at radius 2 is 1.84 bits per heavy atom. The first kappa shape index (κ1) is 11.3. The van der Waals surface area contributed by atoms with Gasteiger partial charge in [-0.2, -0.15) is 5.10 Å². The van der Waals surface area contributed by atoms with E-state index in [4.69, 9.17) is 17.2 Å². The van der Waals surface area contributed by atoms with E-state index >= 15 is 0 Å². The lowest BCUT2D eigenvalue weighted by Gasteiger charge is -2.03. The van der Waals surface area contributed by atoms with E-state index in [0.29, 0.717) is 33.9 Å². The number of fused-ring (bicyclic) bond motifs is 1. The molecule has 3 aromatic rings. The summed E-state index contributed by atoms with van der Waals surface area (Å²) < 4.78 is 1.66. The second-order valence-corrected chi connectivity index (χ2v) is 4.27. The second-order valence-electron chi connectivity index (χ2n) is 4.27. The van der Waals surface area contributed by atoms with Gasteiger partial charge in [0.05, 0.1) is 16.8 Å². The molecule has 19 heavy (non-hydrogen) atoms. The Labute approximate surface area is 109 Å². The molecule has 0 saturated heterocycles. The highest BCUT2D eigenvalue weighted by Gasteiger charge is 2.15. The van der Waals surface area contributed by atoms with Crippen molar-refractivity contribution in [1.29, 1.82) is 0 Å². The van der Waals surface area contributed by atoms with E-state index in [-0.39, 0.29) is 0 Å². The molecule has 0 aliphatic carbocycles. The van der Waals surface area contributed by atoms with Crippen LogP contribution >= 0.6 is 0 Å². The standard InChI is InChI=1S/C12H13N7/c1-19-12-9(11(15)16-5-17-12)10(18-19)6-2-3-7(13)8(14)4-6/h2-5H,13-14H2,1H3,(H2,15,16,17). The number of hydrogen-bond acceptors (Lipinski definition) is 6. The molecule has 0 unspecified atom stereocenters. The molecule has 0 amide bonds. The third-order valence-corrected chi connectivity index (χ3v) is 3.01. The van der Waals surface area contributed by atoms with Crippen molar-refractivity contribution in [2.24, 2.45) is 7.05 Å². The molecule has 0 bridgehead atoms. The SMILES string of the molecule is Cn1nc(-c2ccc(N)c(N)c2)c2c(N)ncnc21. The first-order valence-electron chi connectivity index (χ1n) is 5.66. The highest BCUT2D eigenvalue weighted by Crippen LogP contribution is 2.31. The van der Waals surface area contributed by atoms with Crippen LogP contribution < -0.4 is 17.2 Å². The summed E-state index contributed by atoms with van der Waals surface area (Å²) in [7, 11) is 1.80. The van der Waals surface area contributed by atoms with Gasteiger partial charge in [-0.25, -0.2) is 14.6 Å². The molecular weight excluding hydrogens is 242 g/mol. The minimum Gasteiger partial charge on any atom is -0.397 e. The normalized spacial score (nSPS) is 11.0. The highest BCUT2D eigenvalue weighted by molar-refractivity contribution is 5.98. The molecule has 6 N–H and O–H groups in total. The van der Waals surface area contributed by atoms with Crippen molar-refractivity contribution in [1.82, 2.24) is 19.7 Å². The second kappa shape index (κ2) is 3.84. The Kier molecular flexibility index (Phi) is 2.28. The molecule has 0 spiro atoms. The van der Waals surface area contributed by atoms with Gasteiger partial charge in [0.25, 0.3) is 0 Å². The fourth-order valence-electron chi connectivity index (χ4n) is 2.03. The molecule has 3 rings (SSSR count). The molecule has 2 heterocycles. The molecule has 0 radical (unpaired) electrons. The summed E-state index contributed by atoms with van der Waals surface area (Å²) in [6.45, 7) is 0. The average molecular weight is 255 g/mol. The fraction of sp³-hybridized carbons (Fsp3) is 0.0833. The summed E-state index contributed by atoms with van der Waals surface area (Å²) in [5.41, 5.74) is 20.7. The lowest BCUT2D eigenvalue weighted by Crippen LogP contribution is -1.95. The van der Waals surface area contributed by atoms with Crippen LogP contribution in [-0.4, -0.2) is 19.7 Å². The molecule has 2 aromatic heterocycles. The highest BCUT2D eigenvalue weighted by atomic mass is 15.3.